The van der Waals surface area contributed by atoms with Gasteiger partial charge in [-0.1, -0.05) is 0 Å². The van der Waals surface area contributed by atoms with Crippen molar-refractivity contribution < 1.29 is 24.2 Å². The van der Waals surface area contributed by atoms with Gasteiger partial charge in [-0.15, -0.1) is 0 Å². The first-order valence-electron chi connectivity index (χ1n) is 5.59. The van der Waals surface area contributed by atoms with Crippen LogP contribution < -0.4 is 0 Å². The molecule has 5 heteroatoms. The molecular weight excluding hydrogens is 212 g/mol. The van der Waals surface area contributed by atoms with Crippen LogP contribution in [-0.2, 0) is 19.1 Å². The summed E-state index contributed by atoms with van der Waals surface area (Å²) in [6, 6.07) is 0. The minimum atomic E-state index is -1.29. The number of hydrogen-bond donors (Lipinski definition) is 1. The highest BCUT2D eigenvalue weighted by atomic mass is 16.6. The molecule has 0 radical (unpaired) electrons. The van der Waals surface area contributed by atoms with Gasteiger partial charge in [-0.05, 0) is 26.7 Å². The van der Waals surface area contributed by atoms with E-state index in [2.05, 4.69) is 0 Å². The molecule has 0 saturated heterocycles. The van der Waals surface area contributed by atoms with Gasteiger partial charge in [-0.25, -0.2) is 0 Å². The van der Waals surface area contributed by atoms with E-state index in [0.717, 1.165) is 0 Å². The summed E-state index contributed by atoms with van der Waals surface area (Å²) in [5, 5.41) is 9.48. The summed E-state index contributed by atoms with van der Waals surface area (Å²) in [7, 11) is 0. The number of aliphatic hydroxyl groups excluding tert-OH is 1. The largest absolute Gasteiger partial charge is 0.465 e. The maximum absolute atomic E-state index is 11.8. The van der Waals surface area contributed by atoms with Gasteiger partial charge in [0.05, 0.1) is 19.3 Å². The number of carbonyl (C=O) groups is 2. The molecule has 1 atom stereocenters. The molecule has 0 heterocycles. The standard InChI is InChI=1S/C11H18O5/c1-3-15-9(13)11(10(14)16-4-2)6-5-8(12)7-11/h8,12H,3-7H2,1-2H3/t8-/m0/s1. The van der Waals surface area contributed by atoms with Crippen molar-refractivity contribution in [2.45, 2.75) is 39.2 Å². The summed E-state index contributed by atoms with van der Waals surface area (Å²) in [6.07, 6.45) is 0.197. The van der Waals surface area contributed by atoms with Crippen molar-refractivity contribution in [1.82, 2.24) is 0 Å². The monoisotopic (exact) mass is 230 g/mol. The van der Waals surface area contributed by atoms with Crippen LogP contribution in [-0.4, -0.2) is 36.4 Å². The fourth-order valence-corrected chi connectivity index (χ4v) is 2.01. The van der Waals surface area contributed by atoms with E-state index in [4.69, 9.17) is 9.47 Å². The highest BCUT2D eigenvalue weighted by Gasteiger charge is 2.53. The SMILES string of the molecule is CCOC(=O)C1(C(=O)OCC)CC[C@H](O)C1. The lowest BCUT2D eigenvalue weighted by atomic mass is 9.86. The lowest BCUT2D eigenvalue weighted by Gasteiger charge is -2.23. The lowest BCUT2D eigenvalue weighted by molar-refractivity contribution is -0.172. The van der Waals surface area contributed by atoms with E-state index in [0.29, 0.717) is 12.8 Å². The van der Waals surface area contributed by atoms with E-state index in [9.17, 15) is 14.7 Å². The Kier molecular flexibility index (Phi) is 4.29. The first-order chi connectivity index (χ1) is 7.56. The highest BCUT2D eigenvalue weighted by molar-refractivity contribution is 6.00. The molecule has 1 fully saturated rings. The molecule has 0 amide bonds. The van der Waals surface area contributed by atoms with Crippen molar-refractivity contribution in [2.24, 2.45) is 5.41 Å². The third-order valence-corrected chi connectivity index (χ3v) is 2.82. The number of hydrogen-bond acceptors (Lipinski definition) is 5. The second-order valence-corrected chi connectivity index (χ2v) is 3.92. The third-order valence-electron chi connectivity index (χ3n) is 2.82. The maximum Gasteiger partial charge on any atom is 0.323 e. The van der Waals surface area contributed by atoms with E-state index in [1.807, 2.05) is 0 Å². The van der Waals surface area contributed by atoms with Gasteiger partial charge in [0.15, 0.2) is 5.41 Å². The van der Waals surface area contributed by atoms with Gasteiger partial charge in [-0.2, -0.15) is 0 Å². The van der Waals surface area contributed by atoms with Gasteiger partial charge in [0.2, 0.25) is 0 Å². The summed E-state index contributed by atoms with van der Waals surface area (Å²) < 4.78 is 9.79. The van der Waals surface area contributed by atoms with Crippen LogP contribution in [0.4, 0.5) is 0 Å². The van der Waals surface area contributed by atoms with Crippen molar-refractivity contribution >= 4 is 11.9 Å². The molecule has 1 rings (SSSR count). The second kappa shape index (κ2) is 5.30. The molecule has 16 heavy (non-hydrogen) atoms. The summed E-state index contributed by atoms with van der Waals surface area (Å²) in [5.74, 6) is -1.16. The Labute approximate surface area is 94.7 Å². The van der Waals surface area contributed by atoms with Crippen LogP contribution in [0.3, 0.4) is 0 Å². The van der Waals surface area contributed by atoms with E-state index in [-0.39, 0.29) is 19.6 Å². The molecule has 0 aromatic carbocycles. The van der Waals surface area contributed by atoms with Gasteiger partial charge in [0.1, 0.15) is 0 Å². The Morgan fingerprint density at radius 2 is 1.75 bits per heavy atom. The normalized spacial score (nSPS) is 22.8. The second-order valence-electron chi connectivity index (χ2n) is 3.92. The molecule has 0 aromatic rings. The minimum absolute atomic E-state index is 0.102. The first-order valence-corrected chi connectivity index (χ1v) is 5.59. The first kappa shape index (κ1) is 13.0. The molecule has 1 aliphatic carbocycles. The van der Waals surface area contributed by atoms with Crippen LogP contribution >= 0.6 is 0 Å². The van der Waals surface area contributed by atoms with Crippen LogP contribution in [0.15, 0.2) is 0 Å². The van der Waals surface area contributed by atoms with E-state index in [1.54, 1.807) is 13.8 Å². The Hall–Kier alpha value is -1.10. The van der Waals surface area contributed by atoms with Gasteiger partial charge < -0.3 is 14.6 Å². The molecule has 0 bridgehead atoms. The van der Waals surface area contributed by atoms with Gasteiger partial charge in [0, 0.05) is 6.42 Å². The highest BCUT2D eigenvalue weighted by Crippen LogP contribution is 2.40. The number of rotatable bonds is 4. The van der Waals surface area contributed by atoms with E-state index < -0.39 is 23.5 Å². The molecule has 0 aromatic heterocycles. The number of aliphatic hydroxyl groups is 1. The fraction of sp³-hybridized carbons (Fsp3) is 0.818. The van der Waals surface area contributed by atoms with Crippen molar-refractivity contribution in [3.63, 3.8) is 0 Å². The summed E-state index contributed by atoms with van der Waals surface area (Å²) in [4.78, 5) is 23.6. The Bertz CT molecular complexity index is 256. The zero-order valence-electron chi connectivity index (χ0n) is 9.69. The number of ether oxygens (including phenoxy) is 2. The van der Waals surface area contributed by atoms with Crippen molar-refractivity contribution in [2.75, 3.05) is 13.2 Å². The average Bonchev–Trinajstić information content (AvgIpc) is 2.63. The van der Waals surface area contributed by atoms with Crippen molar-refractivity contribution in [1.29, 1.82) is 0 Å². The molecule has 92 valence electrons. The Morgan fingerprint density at radius 1 is 1.25 bits per heavy atom. The topological polar surface area (TPSA) is 72.8 Å². The van der Waals surface area contributed by atoms with Gasteiger partial charge >= 0.3 is 11.9 Å². The lowest BCUT2D eigenvalue weighted by Crippen LogP contribution is -2.40. The van der Waals surface area contributed by atoms with Crippen LogP contribution in [0, 0.1) is 5.41 Å². The zero-order valence-corrected chi connectivity index (χ0v) is 9.69. The van der Waals surface area contributed by atoms with E-state index in [1.165, 1.54) is 0 Å². The van der Waals surface area contributed by atoms with Crippen LogP contribution in [0.2, 0.25) is 0 Å². The van der Waals surface area contributed by atoms with Crippen molar-refractivity contribution in [3.8, 4) is 0 Å². The molecule has 1 N–H and O–H groups in total. The number of esters is 2. The predicted octanol–water partition coefficient (Wildman–Crippen LogP) is 0.644. The molecule has 0 spiro atoms. The maximum atomic E-state index is 11.8. The van der Waals surface area contributed by atoms with Gasteiger partial charge in [-0.3, -0.25) is 9.59 Å². The Morgan fingerprint density at radius 3 is 2.06 bits per heavy atom. The molecule has 1 saturated carbocycles. The predicted molar refractivity (Wildman–Crippen MR) is 55.6 cm³/mol. The summed E-state index contributed by atoms with van der Waals surface area (Å²) >= 11 is 0. The van der Waals surface area contributed by atoms with Gasteiger partial charge in [0.25, 0.3) is 0 Å². The quantitative estimate of drug-likeness (QED) is 0.567. The Balaban J connectivity index is 2.85. The van der Waals surface area contributed by atoms with Crippen LogP contribution in [0.1, 0.15) is 33.1 Å². The molecule has 0 aliphatic heterocycles. The average molecular weight is 230 g/mol. The molecule has 1 aliphatic rings. The van der Waals surface area contributed by atoms with Crippen molar-refractivity contribution in [3.05, 3.63) is 0 Å². The third kappa shape index (κ3) is 2.35. The van der Waals surface area contributed by atoms with Crippen LogP contribution in [0.25, 0.3) is 0 Å². The summed E-state index contributed by atoms with van der Waals surface area (Å²) in [5.41, 5.74) is -1.29. The molecule has 0 unspecified atom stereocenters. The van der Waals surface area contributed by atoms with Crippen LogP contribution in [0.5, 0.6) is 0 Å². The number of carbonyl (C=O) groups excluding carboxylic acids is 2. The smallest absolute Gasteiger partial charge is 0.323 e. The molecule has 5 nitrogen and oxygen atoms in total. The van der Waals surface area contributed by atoms with E-state index >= 15 is 0 Å². The summed E-state index contributed by atoms with van der Waals surface area (Å²) in [6.45, 7) is 3.80. The zero-order chi connectivity index (χ0) is 12.2. The minimum Gasteiger partial charge on any atom is -0.465 e. The molecular formula is C11H18O5. The fourth-order valence-electron chi connectivity index (χ4n) is 2.01.